The van der Waals surface area contributed by atoms with Crippen molar-refractivity contribution in [2.45, 2.75) is 39.2 Å². The van der Waals surface area contributed by atoms with Crippen LogP contribution in [0.15, 0.2) is 72.8 Å². The maximum Gasteiger partial charge on any atom is 0.253 e. The number of carbonyl (C=O) groups is 3. The van der Waals surface area contributed by atoms with Crippen LogP contribution >= 0.6 is 0 Å². The topological polar surface area (TPSA) is 92.5 Å². The lowest BCUT2D eigenvalue weighted by Gasteiger charge is -2.35. The Morgan fingerprint density at radius 2 is 1.69 bits per heavy atom. The first-order valence-electron chi connectivity index (χ1n) is 12.1. The molecule has 6 heteroatoms. The van der Waals surface area contributed by atoms with Crippen molar-refractivity contribution in [1.29, 1.82) is 0 Å². The van der Waals surface area contributed by atoms with Crippen LogP contribution < -0.4 is 16.0 Å². The lowest BCUT2D eigenvalue weighted by atomic mass is 9.69. The van der Waals surface area contributed by atoms with Gasteiger partial charge in [0.15, 0.2) is 0 Å². The first-order valence-corrected chi connectivity index (χ1v) is 12.1. The highest BCUT2D eigenvalue weighted by Gasteiger charge is 2.48. The first kappa shape index (κ1) is 24.5. The van der Waals surface area contributed by atoms with Gasteiger partial charge >= 0.3 is 0 Å². The number of likely N-dealkylation sites (N-methyl/N-ethyl adjacent to an activating group) is 1. The maximum atomic E-state index is 13.8. The number of nitrogens with zero attached hydrogens (tertiary/aromatic N) is 1. The van der Waals surface area contributed by atoms with Gasteiger partial charge in [0, 0.05) is 12.6 Å². The van der Waals surface area contributed by atoms with E-state index in [2.05, 4.69) is 5.32 Å². The second-order valence-corrected chi connectivity index (χ2v) is 9.93. The number of rotatable bonds is 7. The molecule has 0 saturated heterocycles. The van der Waals surface area contributed by atoms with Crippen molar-refractivity contribution < 1.29 is 14.4 Å². The normalized spacial score (nSPS) is 19.7. The van der Waals surface area contributed by atoms with Crippen LogP contribution in [-0.2, 0) is 14.4 Å². The molecule has 0 aromatic heterocycles. The molecule has 6 nitrogen and oxygen atoms in total. The number of allylic oxidation sites excluding steroid dienone is 2. The molecule has 35 heavy (non-hydrogen) atoms. The second-order valence-electron chi connectivity index (χ2n) is 9.93. The summed E-state index contributed by atoms with van der Waals surface area (Å²) in [5, 5.41) is 2.99. The van der Waals surface area contributed by atoms with Crippen LogP contribution in [0.4, 0.5) is 5.69 Å². The molecule has 0 unspecified atom stereocenters. The average Bonchev–Trinajstić information content (AvgIpc) is 3.32. The van der Waals surface area contributed by atoms with Gasteiger partial charge in [0.05, 0.1) is 17.0 Å². The molecule has 0 spiro atoms. The molecule has 4 rings (SSSR count). The summed E-state index contributed by atoms with van der Waals surface area (Å²) in [4.78, 5) is 41.5. The summed E-state index contributed by atoms with van der Waals surface area (Å²) in [6.07, 6.45) is 7.03. The molecule has 1 aliphatic heterocycles. The van der Waals surface area contributed by atoms with E-state index in [0.29, 0.717) is 19.3 Å². The monoisotopic (exact) mass is 471 g/mol. The summed E-state index contributed by atoms with van der Waals surface area (Å²) in [6.45, 7) is 4.04. The van der Waals surface area contributed by atoms with Crippen molar-refractivity contribution in [2.24, 2.45) is 23.0 Å². The standard InChI is InChI=1S/C29H33N3O3/c1-19(2)17-23(29(28(30)35)15-9-10-16-29)26(33)31-24-18-22(20-11-5-4-6-12-20)21-13-7-8-14-25(21)32(3)27(24)34/h4-14,18-19,23-24H,15-17H2,1-3H3,(H2,30,35)(H,31,33)/t23-,24-/m0/s1. The Labute approximate surface area is 206 Å². The Balaban J connectivity index is 1.74. The minimum Gasteiger partial charge on any atom is -0.369 e. The summed E-state index contributed by atoms with van der Waals surface area (Å²) >= 11 is 0. The first-order chi connectivity index (χ1) is 16.7. The molecule has 2 aromatic rings. The highest BCUT2D eigenvalue weighted by molar-refractivity contribution is 6.07. The Hall–Kier alpha value is -3.67. The smallest absolute Gasteiger partial charge is 0.253 e. The highest BCUT2D eigenvalue weighted by atomic mass is 16.2. The summed E-state index contributed by atoms with van der Waals surface area (Å²) in [5.41, 5.74) is 8.41. The third kappa shape index (κ3) is 4.65. The van der Waals surface area contributed by atoms with Crippen LogP contribution in [0, 0.1) is 17.3 Å². The Bertz CT molecular complexity index is 1170. The van der Waals surface area contributed by atoms with Gasteiger partial charge in [0.2, 0.25) is 11.8 Å². The fraction of sp³-hybridized carbons (Fsp3) is 0.345. The van der Waals surface area contributed by atoms with E-state index in [4.69, 9.17) is 5.73 Å². The molecule has 3 N–H and O–H groups in total. The highest BCUT2D eigenvalue weighted by Crippen LogP contribution is 2.44. The van der Waals surface area contributed by atoms with Crippen molar-refractivity contribution in [3.05, 3.63) is 84.0 Å². The Kier molecular flexibility index (Phi) is 6.92. The molecule has 2 atom stereocenters. The third-order valence-corrected chi connectivity index (χ3v) is 7.18. The van der Waals surface area contributed by atoms with Crippen molar-refractivity contribution in [3.63, 3.8) is 0 Å². The number of amides is 3. The Morgan fingerprint density at radius 3 is 2.31 bits per heavy atom. The van der Waals surface area contributed by atoms with E-state index in [1.54, 1.807) is 11.9 Å². The second kappa shape index (κ2) is 9.90. The van der Waals surface area contributed by atoms with Gasteiger partial charge in [0.1, 0.15) is 6.04 Å². The molecule has 3 amide bonds. The molecule has 1 heterocycles. The predicted octanol–water partition coefficient (Wildman–Crippen LogP) is 4.06. The van der Waals surface area contributed by atoms with Crippen molar-refractivity contribution >= 4 is 29.0 Å². The summed E-state index contributed by atoms with van der Waals surface area (Å²) in [7, 11) is 1.72. The number of hydrogen-bond acceptors (Lipinski definition) is 3. The number of nitrogens with one attached hydrogen (secondary N) is 1. The van der Waals surface area contributed by atoms with E-state index < -0.39 is 23.3 Å². The number of anilines is 1. The van der Waals surface area contributed by atoms with Crippen LogP contribution in [0.3, 0.4) is 0 Å². The minimum absolute atomic E-state index is 0.176. The van der Waals surface area contributed by atoms with Gasteiger partial charge in [-0.15, -0.1) is 0 Å². The number of nitrogens with two attached hydrogens (primary N) is 1. The number of fused-ring (bicyclic) bond motifs is 1. The quantitative estimate of drug-likeness (QED) is 0.597. The Morgan fingerprint density at radius 1 is 1.06 bits per heavy atom. The lowest BCUT2D eigenvalue weighted by Crippen LogP contribution is -2.53. The number of carbonyl (C=O) groups excluding carboxylic acids is 3. The number of hydrogen-bond donors (Lipinski definition) is 2. The zero-order valence-electron chi connectivity index (χ0n) is 20.5. The van der Waals surface area contributed by atoms with Gasteiger partial charge in [-0.1, -0.05) is 74.5 Å². The zero-order valence-corrected chi connectivity index (χ0v) is 20.5. The molecule has 0 radical (unpaired) electrons. The molecular formula is C29H33N3O3. The summed E-state index contributed by atoms with van der Waals surface area (Å²) in [5.74, 6) is -1.48. The van der Waals surface area contributed by atoms with Gasteiger partial charge in [-0.25, -0.2) is 0 Å². The van der Waals surface area contributed by atoms with E-state index in [1.165, 1.54) is 0 Å². The van der Waals surface area contributed by atoms with E-state index in [0.717, 1.165) is 22.4 Å². The molecule has 0 fully saturated rings. The lowest BCUT2D eigenvalue weighted by molar-refractivity contribution is -0.141. The molecule has 2 aliphatic rings. The molecule has 1 aliphatic carbocycles. The van der Waals surface area contributed by atoms with Crippen molar-refractivity contribution in [3.8, 4) is 0 Å². The van der Waals surface area contributed by atoms with Crippen LogP contribution in [0.5, 0.6) is 0 Å². The fourth-order valence-corrected chi connectivity index (χ4v) is 5.26. The largest absolute Gasteiger partial charge is 0.369 e. The van der Waals surface area contributed by atoms with Crippen LogP contribution in [0.1, 0.15) is 44.2 Å². The third-order valence-electron chi connectivity index (χ3n) is 7.18. The molecule has 182 valence electrons. The fourth-order valence-electron chi connectivity index (χ4n) is 5.26. The van der Waals surface area contributed by atoms with Gasteiger partial charge in [0.25, 0.3) is 5.91 Å². The number of primary amides is 1. The van der Waals surface area contributed by atoms with E-state index in [9.17, 15) is 14.4 Å². The molecule has 0 saturated carbocycles. The van der Waals surface area contributed by atoms with Crippen molar-refractivity contribution in [1.82, 2.24) is 5.32 Å². The van der Waals surface area contributed by atoms with E-state index in [1.807, 2.05) is 86.7 Å². The zero-order chi connectivity index (χ0) is 25.2. The van der Waals surface area contributed by atoms with Crippen molar-refractivity contribution in [2.75, 3.05) is 11.9 Å². The molecule has 0 bridgehead atoms. The molecule has 2 aromatic carbocycles. The van der Waals surface area contributed by atoms with Crippen LogP contribution in [-0.4, -0.2) is 30.8 Å². The SMILES string of the molecule is CC(C)C[C@@H](C(=O)N[C@H]1C=C(c2ccccc2)c2ccccc2N(C)C1=O)C1(C(N)=O)CC=CC1. The van der Waals surface area contributed by atoms with Crippen LogP contribution in [0.2, 0.25) is 0 Å². The number of benzene rings is 2. The summed E-state index contributed by atoms with van der Waals surface area (Å²) < 4.78 is 0. The summed E-state index contributed by atoms with van der Waals surface area (Å²) in [6, 6.07) is 16.7. The van der Waals surface area contributed by atoms with Gasteiger partial charge in [-0.05, 0) is 48.5 Å². The van der Waals surface area contributed by atoms with Gasteiger partial charge in [-0.2, -0.15) is 0 Å². The van der Waals surface area contributed by atoms with Gasteiger partial charge in [-0.3, -0.25) is 14.4 Å². The van der Waals surface area contributed by atoms with E-state index >= 15 is 0 Å². The number of para-hydroxylation sites is 1. The van der Waals surface area contributed by atoms with E-state index in [-0.39, 0.29) is 17.7 Å². The molecular weight excluding hydrogens is 438 g/mol. The maximum absolute atomic E-state index is 13.8. The minimum atomic E-state index is -0.969. The average molecular weight is 472 g/mol. The van der Waals surface area contributed by atoms with Gasteiger partial charge < -0.3 is 16.0 Å². The van der Waals surface area contributed by atoms with Crippen LogP contribution in [0.25, 0.3) is 5.57 Å². The predicted molar refractivity (Wildman–Crippen MR) is 138 cm³/mol.